The highest BCUT2D eigenvalue weighted by Gasteiger charge is 2.18. The molecule has 174 valence electrons. The second-order valence-electron chi connectivity index (χ2n) is 7.17. The molecular weight excluding hydrogens is 532 g/mol. The van der Waals surface area contributed by atoms with Crippen LogP contribution < -0.4 is 20.1 Å². The zero-order chi connectivity index (χ0) is 24.2. The molecule has 2 aromatic carbocycles. The van der Waals surface area contributed by atoms with Gasteiger partial charge < -0.3 is 14.6 Å². The number of nitrogens with zero attached hydrogens (tertiary/aromatic N) is 1. The molecule has 12 heteroatoms. The summed E-state index contributed by atoms with van der Waals surface area (Å²) < 4.78 is 38.5. The Labute approximate surface area is 205 Å². The summed E-state index contributed by atoms with van der Waals surface area (Å²) in [6, 6.07) is 12.4. The van der Waals surface area contributed by atoms with Crippen molar-refractivity contribution < 1.29 is 22.5 Å². The first-order valence-corrected chi connectivity index (χ1v) is 12.4. The molecule has 0 aliphatic carbocycles. The SMILES string of the molecule is Cc1cc(NS(=O)(=O)c2ccc(NC(=S)NC(=O)c3cc(Br)ccc3OC(C)C)cc2)no1. The van der Waals surface area contributed by atoms with Gasteiger partial charge in [0.15, 0.2) is 10.9 Å². The van der Waals surface area contributed by atoms with Crippen molar-refractivity contribution in [2.45, 2.75) is 31.8 Å². The van der Waals surface area contributed by atoms with Crippen LogP contribution in [0.3, 0.4) is 0 Å². The summed E-state index contributed by atoms with van der Waals surface area (Å²) in [7, 11) is -3.84. The zero-order valence-electron chi connectivity index (χ0n) is 17.9. The molecule has 0 fully saturated rings. The van der Waals surface area contributed by atoms with E-state index in [4.69, 9.17) is 21.5 Å². The molecule has 0 unspecified atom stereocenters. The van der Waals surface area contributed by atoms with E-state index in [0.29, 0.717) is 27.2 Å². The van der Waals surface area contributed by atoms with Crippen molar-refractivity contribution in [1.29, 1.82) is 0 Å². The Balaban J connectivity index is 1.65. The van der Waals surface area contributed by atoms with Gasteiger partial charge in [-0.05, 0) is 75.5 Å². The fraction of sp³-hybridized carbons (Fsp3) is 0.190. The number of halogens is 1. The number of rotatable bonds is 7. The number of thiocarbonyl (C=S) groups is 1. The zero-order valence-corrected chi connectivity index (χ0v) is 21.1. The molecule has 3 aromatic rings. The molecule has 3 rings (SSSR count). The van der Waals surface area contributed by atoms with Crippen molar-refractivity contribution in [3.8, 4) is 5.75 Å². The van der Waals surface area contributed by atoms with Crippen molar-refractivity contribution in [2.75, 3.05) is 10.0 Å². The van der Waals surface area contributed by atoms with Gasteiger partial charge >= 0.3 is 0 Å². The number of carbonyl (C=O) groups is 1. The number of amides is 1. The highest BCUT2D eigenvalue weighted by Crippen LogP contribution is 2.24. The third kappa shape index (κ3) is 6.76. The molecule has 3 N–H and O–H groups in total. The Morgan fingerprint density at radius 1 is 1.15 bits per heavy atom. The van der Waals surface area contributed by atoms with E-state index in [1.54, 1.807) is 25.1 Å². The minimum Gasteiger partial charge on any atom is -0.490 e. The molecule has 1 amide bonds. The lowest BCUT2D eigenvalue weighted by atomic mass is 10.2. The van der Waals surface area contributed by atoms with Gasteiger partial charge in [-0.3, -0.25) is 14.8 Å². The van der Waals surface area contributed by atoms with Gasteiger partial charge in [0.1, 0.15) is 11.5 Å². The first-order valence-electron chi connectivity index (χ1n) is 9.68. The first kappa shape index (κ1) is 24.7. The van der Waals surface area contributed by atoms with Crippen molar-refractivity contribution in [3.63, 3.8) is 0 Å². The highest BCUT2D eigenvalue weighted by atomic mass is 79.9. The summed E-state index contributed by atoms with van der Waals surface area (Å²) >= 11 is 8.57. The van der Waals surface area contributed by atoms with Gasteiger partial charge in [0.25, 0.3) is 15.9 Å². The smallest absolute Gasteiger partial charge is 0.263 e. The van der Waals surface area contributed by atoms with Crippen LogP contribution in [0.15, 0.2) is 62.4 Å². The molecule has 0 spiro atoms. The number of aromatic nitrogens is 1. The second kappa shape index (κ2) is 10.3. The van der Waals surface area contributed by atoms with Crippen LogP contribution in [-0.2, 0) is 10.0 Å². The minimum absolute atomic E-state index is 0.0215. The normalized spacial score (nSPS) is 11.2. The maximum atomic E-state index is 12.7. The molecule has 0 radical (unpaired) electrons. The molecule has 0 aliphatic rings. The van der Waals surface area contributed by atoms with E-state index < -0.39 is 15.9 Å². The van der Waals surface area contributed by atoms with Crippen LogP contribution in [0, 0.1) is 6.92 Å². The van der Waals surface area contributed by atoms with Crippen molar-refractivity contribution in [2.24, 2.45) is 0 Å². The quantitative estimate of drug-likeness (QED) is 0.367. The van der Waals surface area contributed by atoms with Crippen molar-refractivity contribution >= 4 is 60.7 Å². The van der Waals surface area contributed by atoms with Crippen molar-refractivity contribution in [3.05, 3.63) is 64.3 Å². The lowest BCUT2D eigenvalue weighted by Crippen LogP contribution is -2.34. The Bertz CT molecular complexity index is 1270. The molecule has 1 heterocycles. The number of hydrogen-bond donors (Lipinski definition) is 3. The summed E-state index contributed by atoms with van der Waals surface area (Å²) in [6.07, 6.45) is -0.111. The molecule has 0 saturated heterocycles. The monoisotopic (exact) mass is 552 g/mol. The predicted octanol–water partition coefficient (Wildman–Crippen LogP) is 4.46. The van der Waals surface area contributed by atoms with E-state index >= 15 is 0 Å². The van der Waals surface area contributed by atoms with Crippen LogP contribution in [-0.4, -0.2) is 30.7 Å². The van der Waals surface area contributed by atoms with Gasteiger partial charge in [0, 0.05) is 16.2 Å². The average Bonchev–Trinajstić information content (AvgIpc) is 3.13. The molecule has 0 bridgehead atoms. The number of nitrogens with one attached hydrogen (secondary N) is 3. The molecule has 9 nitrogen and oxygen atoms in total. The predicted molar refractivity (Wildman–Crippen MR) is 132 cm³/mol. The van der Waals surface area contributed by atoms with E-state index in [-0.39, 0.29) is 21.9 Å². The number of carbonyl (C=O) groups excluding carboxylic acids is 1. The Morgan fingerprint density at radius 2 is 1.85 bits per heavy atom. The van der Waals surface area contributed by atoms with Gasteiger partial charge in [-0.25, -0.2) is 8.42 Å². The van der Waals surface area contributed by atoms with Gasteiger partial charge in [-0.1, -0.05) is 21.1 Å². The number of benzene rings is 2. The first-order chi connectivity index (χ1) is 15.5. The van der Waals surface area contributed by atoms with Crippen LogP contribution in [0.5, 0.6) is 5.75 Å². The minimum atomic E-state index is -3.84. The van der Waals surface area contributed by atoms with Gasteiger partial charge in [0.2, 0.25) is 0 Å². The standard InChI is InChI=1S/C21H21BrN4O5S2/c1-12(2)30-18-9-4-14(22)11-17(18)20(27)24-21(32)23-15-5-7-16(8-6-15)33(28,29)26-19-10-13(3)31-25-19/h4-12H,1-3H3,(H,25,26)(H2,23,24,27,32). The van der Waals surface area contributed by atoms with E-state index in [1.807, 2.05) is 13.8 Å². The largest absolute Gasteiger partial charge is 0.490 e. The fourth-order valence-electron chi connectivity index (χ4n) is 2.70. The summed E-state index contributed by atoms with van der Waals surface area (Å²) in [5.74, 6) is 0.550. The average molecular weight is 553 g/mol. The topological polar surface area (TPSA) is 123 Å². The number of sulfonamides is 1. The molecular formula is C21H21BrN4O5S2. The second-order valence-corrected chi connectivity index (χ2v) is 10.2. The molecule has 0 aliphatic heterocycles. The van der Waals surface area contributed by atoms with E-state index in [0.717, 1.165) is 0 Å². The number of hydrogen-bond acceptors (Lipinski definition) is 7. The number of aryl methyl sites for hydroxylation is 1. The van der Waals surface area contributed by atoms with Crippen LogP contribution in [0.25, 0.3) is 0 Å². The number of anilines is 2. The summed E-state index contributed by atoms with van der Waals surface area (Å²) in [6.45, 7) is 5.38. The van der Waals surface area contributed by atoms with Gasteiger partial charge in [0.05, 0.1) is 16.6 Å². The third-order valence-corrected chi connectivity index (χ3v) is 6.13. The number of ether oxygens (including phenoxy) is 1. The summed E-state index contributed by atoms with van der Waals surface area (Å²) in [5, 5.41) is 9.11. The molecule has 0 saturated carbocycles. The lowest BCUT2D eigenvalue weighted by Gasteiger charge is -2.15. The summed E-state index contributed by atoms with van der Waals surface area (Å²) in [4.78, 5) is 12.7. The molecule has 33 heavy (non-hydrogen) atoms. The Morgan fingerprint density at radius 3 is 2.45 bits per heavy atom. The van der Waals surface area contributed by atoms with Crippen LogP contribution >= 0.6 is 28.1 Å². The van der Waals surface area contributed by atoms with Gasteiger partial charge in [-0.2, -0.15) is 0 Å². The summed E-state index contributed by atoms with van der Waals surface area (Å²) in [5.41, 5.74) is 0.808. The lowest BCUT2D eigenvalue weighted by molar-refractivity contribution is 0.0972. The van der Waals surface area contributed by atoms with Crippen LogP contribution in [0.1, 0.15) is 30.0 Å². The van der Waals surface area contributed by atoms with Crippen LogP contribution in [0.2, 0.25) is 0 Å². The van der Waals surface area contributed by atoms with Gasteiger partial charge in [-0.15, -0.1) is 0 Å². The van der Waals surface area contributed by atoms with Crippen LogP contribution in [0.4, 0.5) is 11.5 Å². The molecule has 0 atom stereocenters. The van der Waals surface area contributed by atoms with E-state index in [1.165, 1.54) is 30.3 Å². The van der Waals surface area contributed by atoms with E-state index in [9.17, 15) is 13.2 Å². The Kier molecular flexibility index (Phi) is 7.72. The fourth-order valence-corrected chi connectivity index (χ4v) is 4.25. The third-order valence-electron chi connectivity index (χ3n) is 4.07. The maximum absolute atomic E-state index is 12.7. The highest BCUT2D eigenvalue weighted by molar-refractivity contribution is 9.10. The molecule has 1 aromatic heterocycles. The van der Waals surface area contributed by atoms with E-state index in [2.05, 4.69) is 36.4 Å². The van der Waals surface area contributed by atoms with Crippen molar-refractivity contribution in [1.82, 2.24) is 10.5 Å². The Hall–Kier alpha value is -2.96. The maximum Gasteiger partial charge on any atom is 0.263 e.